The number of fused-ring (bicyclic) bond motifs is 1. The van der Waals surface area contributed by atoms with Gasteiger partial charge in [-0.3, -0.25) is 9.63 Å². The summed E-state index contributed by atoms with van der Waals surface area (Å²) in [7, 11) is 4.81. The van der Waals surface area contributed by atoms with Gasteiger partial charge in [0, 0.05) is 30.1 Å². The van der Waals surface area contributed by atoms with Crippen LogP contribution in [0.5, 0.6) is 5.75 Å². The molecule has 1 aromatic heterocycles. The highest BCUT2D eigenvalue weighted by atomic mass is 16.7. The summed E-state index contributed by atoms with van der Waals surface area (Å²) in [4.78, 5) is 20.3. The van der Waals surface area contributed by atoms with Crippen LogP contribution in [0.15, 0.2) is 24.4 Å². The SMILES string of the molecule is COc1ccc2[nH]cc(C3CC3C(=O)N(C)OC)c2c1. The van der Waals surface area contributed by atoms with E-state index >= 15 is 0 Å². The van der Waals surface area contributed by atoms with Crippen LogP contribution in [0, 0.1) is 5.92 Å². The number of rotatable bonds is 4. The average molecular weight is 274 g/mol. The van der Waals surface area contributed by atoms with Crippen molar-refractivity contribution in [2.24, 2.45) is 5.92 Å². The maximum absolute atomic E-state index is 12.1. The van der Waals surface area contributed by atoms with E-state index in [9.17, 15) is 4.79 Å². The molecule has 5 nitrogen and oxygen atoms in total. The van der Waals surface area contributed by atoms with E-state index in [2.05, 4.69) is 4.98 Å². The van der Waals surface area contributed by atoms with Crippen molar-refractivity contribution in [2.75, 3.05) is 21.3 Å². The van der Waals surface area contributed by atoms with Crippen LogP contribution in [-0.4, -0.2) is 37.2 Å². The van der Waals surface area contributed by atoms with Gasteiger partial charge in [-0.1, -0.05) is 0 Å². The van der Waals surface area contributed by atoms with Crippen LogP contribution in [-0.2, 0) is 9.63 Å². The zero-order valence-electron chi connectivity index (χ0n) is 11.8. The Labute approximate surface area is 117 Å². The molecule has 1 N–H and O–H groups in total. The number of aromatic amines is 1. The maximum atomic E-state index is 12.1. The number of hydroxylamine groups is 2. The van der Waals surface area contributed by atoms with Gasteiger partial charge in [0.1, 0.15) is 5.75 Å². The van der Waals surface area contributed by atoms with Gasteiger partial charge in [0.2, 0.25) is 5.91 Å². The van der Waals surface area contributed by atoms with Crippen LogP contribution in [0.4, 0.5) is 0 Å². The minimum atomic E-state index is 0.0187. The van der Waals surface area contributed by atoms with Gasteiger partial charge in [-0.15, -0.1) is 0 Å². The third-order valence-corrected chi connectivity index (χ3v) is 4.01. The van der Waals surface area contributed by atoms with Crippen molar-refractivity contribution in [2.45, 2.75) is 12.3 Å². The molecule has 1 aliphatic rings. The Bertz CT molecular complexity index is 650. The number of nitrogens with one attached hydrogen (secondary N) is 1. The standard InChI is InChI=1S/C15H18N2O3/c1-17(20-3)15(18)12-7-10(12)13-8-16-14-5-4-9(19-2)6-11(13)14/h4-6,8,10,12,16H,7H2,1-3H3. The van der Waals surface area contributed by atoms with E-state index in [4.69, 9.17) is 9.57 Å². The van der Waals surface area contributed by atoms with Gasteiger partial charge in [0.25, 0.3) is 0 Å². The summed E-state index contributed by atoms with van der Waals surface area (Å²) < 4.78 is 5.27. The van der Waals surface area contributed by atoms with Gasteiger partial charge >= 0.3 is 0 Å². The van der Waals surface area contributed by atoms with E-state index in [0.29, 0.717) is 0 Å². The maximum Gasteiger partial charge on any atom is 0.249 e. The lowest BCUT2D eigenvalue weighted by molar-refractivity contribution is -0.170. The fourth-order valence-corrected chi connectivity index (χ4v) is 2.69. The Balaban J connectivity index is 1.87. The molecule has 0 saturated heterocycles. The van der Waals surface area contributed by atoms with Crippen LogP contribution < -0.4 is 4.74 Å². The lowest BCUT2D eigenvalue weighted by Crippen LogP contribution is -2.27. The van der Waals surface area contributed by atoms with E-state index in [0.717, 1.165) is 23.1 Å². The molecule has 2 aromatic rings. The van der Waals surface area contributed by atoms with Gasteiger partial charge in [-0.2, -0.15) is 0 Å². The summed E-state index contributed by atoms with van der Waals surface area (Å²) in [5.41, 5.74) is 2.25. The van der Waals surface area contributed by atoms with Crippen LogP contribution >= 0.6 is 0 Å². The van der Waals surface area contributed by atoms with Crippen molar-refractivity contribution in [3.05, 3.63) is 30.0 Å². The minimum Gasteiger partial charge on any atom is -0.497 e. The van der Waals surface area contributed by atoms with Crippen molar-refractivity contribution < 1.29 is 14.4 Å². The molecular weight excluding hydrogens is 256 g/mol. The van der Waals surface area contributed by atoms with E-state index in [1.165, 1.54) is 17.7 Å². The fraction of sp³-hybridized carbons (Fsp3) is 0.400. The van der Waals surface area contributed by atoms with Gasteiger partial charge in [0.05, 0.1) is 14.2 Å². The molecule has 0 bridgehead atoms. The molecule has 2 unspecified atom stereocenters. The second kappa shape index (κ2) is 4.83. The van der Waals surface area contributed by atoms with Crippen LogP contribution in [0.1, 0.15) is 17.9 Å². The van der Waals surface area contributed by atoms with Crippen molar-refractivity contribution >= 4 is 16.8 Å². The predicted octanol–water partition coefficient (Wildman–Crippen LogP) is 2.30. The minimum absolute atomic E-state index is 0.0187. The predicted molar refractivity (Wildman–Crippen MR) is 75.5 cm³/mol. The van der Waals surface area contributed by atoms with Crippen molar-refractivity contribution in [3.8, 4) is 5.75 Å². The molecule has 1 saturated carbocycles. The van der Waals surface area contributed by atoms with Crippen molar-refractivity contribution in [3.63, 3.8) is 0 Å². The number of methoxy groups -OCH3 is 1. The van der Waals surface area contributed by atoms with Crippen molar-refractivity contribution in [1.82, 2.24) is 10.0 Å². The number of hydrogen-bond donors (Lipinski definition) is 1. The molecule has 1 amide bonds. The second-order valence-corrected chi connectivity index (χ2v) is 5.12. The number of amides is 1. The first-order chi connectivity index (χ1) is 9.65. The molecular formula is C15H18N2O3. The molecule has 0 spiro atoms. The van der Waals surface area contributed by atoms with Crippen LogP contribution in [0.25, 0.3) is 10.9 Å². The highest BCUT2D eigenvalue weighted by Crippen LogP contribution is 2.50. The Morgan fingerprint density at radius 2 is 2.20 bits per heavy atom. The van der Waals surface area contributed by atoms with Gasteiger partial charge in [-0.05, 0) is 36.1 Å². The first-order valence-electron chi connectivity index (χ1n) is 6.62. The summed E-state index contributed by atoms with van der Waals surface area (Å²) in [6, 6.07) is 5.94. The van der Waals surface area contributed by atoms with E-state index in [1.54, 1.807) is 14.2 Å². The number of ether oxygens (including phenoxy) is 1. The Morgan fingerprint density at radius 1 is 1.40 bits per heavy atom. The number of H-pyrrole nitrogens is 1. The van der Waals surface area contributed by atoms with E-state index in [1.807, 2.05) is 24.4 Å². The van der Waals surface area contributed by atoms with Crippen LogP contribution in [0.3, 0.4) is 0 Å². The number of carbonyl (C=O) groups excluding carboxylic acids is 1. The smallest absolute Gasteiger partial charge is 0.249 e. The molecule has 106 valence electrons. The monoisotopic (exact) mass is 274 g/mol. The number of hydrogen-bond acceptors (Lipinski definition) is 3. The van der Waals surface area contributed by atoms with Gasteiger partial charge in [0.15, 0.2) is 0 Å². The second-order valence-electron chi connectivity index (χ2n) is 5.12. The van der Waals surface area contributed by atoms with Gasteiger partial charge in [-0.25, -0.2) is 5.06 Å². The number of aromatic nitrogens is 1. The topological polar surface area (TPSA) is 54.6 Å². The molecule has 1 aliphatic carbocycles. The largest absolute Gasteiger partial charge is 0.497 e. The highest BCUT2D eigenvalue weighted by molar-refractivity contribution is 5.88. The Morgan fingerprint density at radius 3 is 2.90 bits per heavy atom. The highest BCUT2D eigenvalue weighted by Gasteiger charge is 2.46. The molecule has 2 atom stereocenters. The van der Waals surface area contributed by atoms with Crippen LogP contribution in [0.2, 0.25) is 0 Å². The van der Waals surface area contributed by atoms with Gasteiger partial charge < -0.3 is 9.72 Å². The molecule has 1 fully saturated rings. The molecule has 1 heterocycles. The van der Waals surface area contributed by atoms with Crippen molar-refractivity contribution in [1.29, 1.82) is 0 Å². The summed E-state index contributed by atoms with van der Waals surface area (Å²) in [6.45, 7) is 0. The summed E-state index contributed by atoms with van der Waals surface area (Å²) in [5.74, 6) is 1.15. The van der Waals surface area contributed by atoms with E-state index < -0.39 is 0 Å². The average Bonchev–Trinajstić information content (AvgIpc) is 3.17. The Hall–Kier alpha value is -2.01. The summed E-state index contributed by atoms with van der Waals surface area (Å²) in [5, 5.41) is 2.44. The molecule has 5 heteroatoms. The lowest BCUT2D eigenvalue weighted by Gasteiger charge is -2.13. The summed E-state index contributed by atoms with van der Waals surface area (Å²) in [6.07, 6.45) is 2.87. The first-order valence-corrected chi connectivity index (χ1v) is 6.62. The third kappa shape index (κ3) is 2.04. The van der Waals surface area contributed by atoms with E-state index in [-0.39, 0.29) is 17.7 Å². The zero-order chi connectivity index (χ0) is 14.3. The fourth-order valence-electron chi connectivity index (χ4n) is 2.69. The summed E-state index contributed by atoms with van der Waals surface area (Å²) >= 11 is 0. The number of nitrogens with zero attached hydrogens (tertiary/aromatic N) is 1. The Kier molecular flexibility index (Phi) is 3.14. The molecule has 0 aliphatic heterocycles. The zero-order valence-corrected chi connectivity index (χ0v) is 11.8. The molecule has 1 aromatic carbocycles. The lowest BCUT2D eigenvalue weighted by atomic mass is 10.1. The first kappa shape index (κ1) is 13.0. The number of benzene rings is 1. The number of carbonyl (C=O) groups is 1. The normalized spacial score (nSPS) is 20.9. The molecule has 20 heavy (non-hydrogen) atoms. The third-order valence-electron chi connectivity index (χ3n) is 4.01. The molecule has 3 rings (SSSR count). The quantitative estimate of drug-likeness (QED) is 0.870. The molecule has 0 radical (unpaired) electrons.